The van der Waals surface area contributed by atoms with Crippen molar-refractivity contribution in [1.82, 2.24) is 19.5 Å². The van der Waals surface area contributed by atoms with Crippen LogP contribution in [0, 0.1) is 0 Å². The molecule has 20 nitrogen and oxygen atoms in total. The zero-order chi connectivity index (χ0) is 28.3. The molecule has 0 spiro atoms. The molecule has 3 heterocycles. The highest BCUT2D eigenvalue weighted by atomic mass is 32.2. The molecule has 8 N–H and O–H groups in total. The molecular formula is C14H22N5O15P3S. The monoisotopic (exact) mass is 625 g/mol. The lowest BCUT2D eigenvalue weighted by molar-refractivity contribution is -0.136. The van der Waals surface area contributed by atoms with Crippen LogP contribution >= 0.6 is 35.2 Å². The van der Waals surface area contributed by atoms with Crippen LogP contribution in [-0.4, -0.2) is 96.9 Å². The van der Waals surface area contributed by atoms with E-state index in [-0.39, 0.29) is 23.4 Å². The van der Waals surface area contributed by atoms with Gasteiger partial charge >= 0.3 is 29.4 Å². The topological polar surface area (TPSA) is 302 Å². The second-order valence-corrected chi connectivity index (χ2v) is 12.9. The van der Waals surface area contributed by atoms with E-state index in [9.17, 15) is 38.5 Å². The molecule has 0 aromatic carbocycles. The molecular weight excluding hydrogens is 603 g/mol. The molecule has 214 valence electrons. The fourth-order valence-corrected chi connectivity index (χ4v) is 6.82. The summed E-state index contributed by atoms with van der Waals surface area (Å²) < 4.78 is 52.4. The van der Waals surface area contributed by atoms with Crippen LogP contribution in [0.1, 0.15) is 12.6 Å². The number of aliphatic carboxylic acids is 1. The number of carbonyl (C=O) groups is 1. The van der Waals surface area contributed by atoms with E-state index in [4.69, 9.17) is 19.6 Å². The van der Waals surface area contributed by atoms with Crippen LogP contribution in [0.25, 0.3) is 11.2 Å². The fourth-order valence-electron chi connectivity index (χ4n) is 3.09. The van der Waals surface area contributed by atoms with Gasteiger partial charge in [0.15, 0.2) is 23.2 Å². The van der Waals surface area contributed by atoms with Gasteiger partial charge in [0, 0.05) is 5.75 Å². The van der Waals surface area contributed by atoms with Gasteiger partial charge in [0.1, 0.15) is 24.6 Å². The van der Waals surface area contributed by atoms with Crippen LogP contribution < -0.4 is 5.32 Å². The number of imidazole rings is 1. The summed E-state index contributed by atoms with van der Waals surface area (Å²) in [6, 6.07) is 0. The second kappa shape index (κ2) is 12.3. The van der Waals surface area contributed by atoms with Gasteiger partial charge in [0.2, 0.25) is 0 Å². The molecule has 1 aliphatic rings. The Bertz CT molecular complexity index is 1290. The Labute approximate surface area is 216 Å². The van der Waals surface area contributed by atoms with Crippen molar-refractivity contribution in [2.75, 3.05) is 23.6 Å². The minimum atomic E-state index is -5.74. The Morgan fingerprint density at radius 1 is 1.08 bits per heavy atom. The summed E-state index contributed by atoms with van der Waals surface area (Å²) in [5.74, 6) is 0.00960. The maximum absolute atomic E-state index is 11.9. The average molecular weight is 625 g/mol. The number of nitrogens with one attached hydrogen (secondary N) is 1. The van der Waals surface area contributed by atoms with E-state index in [0.717, 1.165) is 0 Å². The Hall–Kier alpha value is -1.54. The molecule has 1 fully saturated rings. The Morgan fingerprint density at radius 3 is 2.45 bits per heavy atom. The van der Waals surface area contributed by atoms with Crippen molar-refractivity contribution < 1.29 is 71.3 Å². The van der Waals surface area contributed by atoms with Gasteiger partial charge < -0.3 is 44.9 Å². The van der Waals surface area contributed by atoms with Crippen LogP contribution in [0.3, 0.4) is 0 Å². The van der Waals surface area contributed by atoms with Crippen molar-refractivity contribution in [3.63, 3.8) is 0 Å². The summed E-state index contributed by atoms with van der Waals surface area (Å²) in [6.45, 7) is -0.986. The summed E-state index contributed by atoms with van der Waals surface area (Å²) in [5, 5.41) is 32.4. The number of phosphoric ester groups is 1. The molecule has 1 aliphatic heterocycles. The number of rotatable bonds is 14. The van der Waals surface area contributed by atoms with Crippen LogP contribution in [0.4, 0.5) is 5.82 Å². The highest BCUT2D eigenvalue weighted by molar-refractivity contribution is 7.99. The van der Waals surface area contributed by atoms with Gasteiger partial charge in [-0.3, -0.25) is 13.9 Å². The first-order valence-electron chi connectivity index (χ1n) is 10.1. The van der Waals surface area contributed by atoms with E-state index in [2.05, 4.69) is 33.4 Å². The number of anilines is 1. The highest BCUT2D eigenvalue weighted by Crippen LogP contribution is 2.66. The first-order chi connectivity index (χ1) is 17.6. The first-order valence-corrected chi connectivity index (χ1v) is 15.8. The van der Waals surface area contributed by atoms with Gasteiger partial charge in [-0.15, -0.1) is 11.8 Å². The van der Waals surface area contributed by atoms with Gasteiger partial charge in [-0.2, -0.15) is 8.62 Å². The molecule has 1 saturated heterocycles. The van der Waals surface area contributed by atoms with Gasteiger partial charge in [-0.25, -0.2) is 28.6 Å². The maximum atomic E-state index is 11.9. The molecule has 6 unspecified atom stereocenters. The number of hydrogen-bond donors (Lipinski definition) is 8. The van der Waals surface area contributed by atoms with Crippen LogP contribution in [0.2, 0.25) is 0 Å². The van der Waals surface area contributed by atoms with Crippen molar-refractivity contribution in [1.29, 1.82) is 0 Å². The predicted octanol–water partition coefficient (Wildman–Crippen LogP) is -0.634. The van der Waals surface area contributed by atoms with E-state index in [1.165, 1.54) is 29.0 Å². The fraction of sp³-hybridized carbons (Fsp3) is 0.571. The third-order valence-electron chi connectivity index (χ3n) is 4.59. The molecule has 0 saturated carbocycles. The number of carboxylic acid groups (broad SMARTS) is 1. The second-order valence-electron chi connectivity index (χ2n) is 7.35. The molecule has 0 aliphatic carbocycles. The van der Waals surface area contributed by atoms with Gasteiger partial charge in [-0.05, 0) is 0 Å². The van der Waals surface area contributed by atoms with Gasteiger partial charge in [0.25, 0.3) is 0 Å². The quantitative estimate of drug-likeness (QED) is 0.0735. The lowest BCUT2D eigenvalue weighted by Gasteiger charge is -2.19. The molecule has 3 rings (SSSR count). The van der Waals surface area contributed by atoms with E-state index < -0.39 is 60.6 Å². The molecule has 0 radical (unpaired) electrons. The smallest absolute Gasteiger partial charge is 0.481 e. The van der Waals surface area contributed by atoms with Crippen molar-refractivity contribution >= 4 is 58.2 Å². The van der Waals surface area contributed by atoms with E-state index in [0.29, 0.717) is 11.6 Å². The van der Waals surface area contributed by atoms with Crippen LogP contribution in [0.5, 0.6) is 0 Å². The Morgan fingerprint density at radius 2 is 1.79 bits per heavy atom. The molecule has 0 bridgehead atoms. The number of aromatic nitrogens is 4. The summed E-state index contributed by atoms with van der Waals surface area (Å²) >= 11 is 1.30. The Kier molecular flexibility index (Phi) is 10.0. The minimum absolute atomic E-state index is 0.0252. The number of aliphatic hydroxyl groups excluding tert-OH is 2. The van der Waals surface area contributed by atoms with E-state index in [1.54, 1.807) is 0 Å². The minimum Gasteiger partial charge on any atom is -0.481 e. The van der Waals surface area contributed by atoms with Crippen molar-refractivity contribution in [3.05, 3.63) is 12.7 Å². The van der Waals surface area contributed by atoms with Crippen LogP contribution in [-0.2, 0) is 36.4 Å². The number of phosphoric acid groups is 3. The number of nitrogens with zero attached hydrogens (tertiary/aromatic N) is 4. The zero-order valence-corrected chi connectivity index (χ0v) is 22.2. The van der Waals surface area contributed by atoms with Crippen molar-refractivity contribution in [3.8, 4) is 0 Å². The SMILES string of the molecule is O=C(O)CCSCNc1ncnc2c1ncn2C1OC(COP(=O)(O)OP(=O)(O)OP(=O)(O)O)C(O)C1O. The van der Waals surface area contributed by atoms with Crippen LogP contribution in [0.15, 0.2) is 12.7 Å². The molecule has 6 atom stereocenters. The van der Waals surface area contributed by atoms with Gasteiger partial charge in [-0.1, -0.05) is 0 Å². The standard InChI is InChI=1S/C14H22N5O15P3S/c20-8(21)1-2-38-6-18-12-9-13(16-4-15-12)19(5-17-9)14-11(23)10(22)7(32-14)3-31-36(27,28)34-37(29,30)33-35(24,25)26/h4-5,7,10-11,14,22-23H,1-3,6H2,(H,20,21)(H,27,28)(H,29,30)(H,15,16,18)(H2,24,25,26). The van der Waals surface area contributed by atoms with E-state index in [1.807, 2.05) is 0 Å². The van der Waals surface area contributed by atoms with Crippen molar-refractivity contribution in [2.24, 2.45) is 0 Å². The number of thioether (sulfide) groups is 1. The summed E-state index contributed by atoms with van der Waals surface area (Å²) in [7, 11) is -16.8. The van der Waals surface area contributed by atoms with E-state index >= 15 is 0 Å². The largest absolute Gasteiger partial charge is 0.490 e. The molecule has 24 heteroatoms. The molecule has 2 aromatic rings. The van der Waals surface area contributed by atoms with Crippen molar-refractivity contribution in [2.45, 2.75) is 31.0 Å². The third-order valence-corrected chi connectivity index (χ3v) is 9.23. The highest BCUT2D eigenvalue weighted by Gasteiger charge is 2.47. The number of carboxylic acids is 1. The molecule has 0 amide bonds. The molecule has 2 aromatic heterocycles. The summed E-state index contributed by atoms with van der Waals surface area (Å²) in [5.41, 5.74) is 0.399. The number of aliphatic hydroxyl groups is 2. The lowest BCUT2D eigenvalue weighted by Crippen LogP contribution is -2.33. The lowest BCUT2D eigenvalue weighted by atomic mass is 10.1. The van der Waals surface area contributed by atoms with Gasteiger partial charge in [0.05, 0.1) is 25.2 Å². The zero-order valence-electron chi connectivity index (χ0n) is 18.7. The molecule has 38 heavy (non-hydrogen) atoms. The summed E-state index contributed by atoms with van der Waals surface area (Å²) in [6.07, 6.45) is -3.82. The third kappa shape index (κ3) is 8.48. The number of ether oxygens (including phenoxy) is 1. The average Bonchev–Trinajstić information content (AvgIpc) is 3.31. The normalized spacial score (nSPS) is 25.2. The number of fused-ring (bicyclic) bond motifs is 1. The maximum Gasteiger partial charge on any atom is 0.490 e. The first kappa shape index (κ1) is 31.0. The number of hydrogen-bond acceptors (Lipinski definition) is 15. The predicted molar refractivity (Wildman–Crippen MR) is 124 cm³/mol. The Balaban J connectivity index is 1.65. The summed E-state index contributed by atoms with van der Waals surface area (Å²) in [4.78, 5) is 58.8.